The lowest BCUT2D eigenvalue weighted by Crippen LogP contribution is -2.18. The summed E-state index contributed by atoms with van der Waals surface area (Å²) in [5.41, 5.74) is 6.37. The van der Waals surface area contributed by atoms with Gasteiger partial charge < -0.3 is 14.8 Å². The number of nitrogens with zero attached hydrogens (tertiary/aromatic N) is 4. The third-order valence-corrected chi connectivity index (χ3v) is 2.49. The molecule has 19 heavy (non-hydrogen) atoms. The highest BCUT2D eigenvalue weighted by atomic mass is 19.4. The highest BCUT2D eigenvalue weighted by Gasteiger charge is 2.39. The molecule has 0 saturated heterocycles. The average Bonchev–Trinajstić information content (AvgIpc) is 2.96. The molecule has 2 N–H and O–H groups in total. The SMILES string of the molecule is CCCn1cncc1C(N)c1noc(C(F)(F)F)n1. The van der Waals surface area contributed by atoms with Gasteiger partial charge in [0, 0.05) is 6.54 Å². The van der Waals surface area contributed by atoms with Gasteiger partial charge in [-0.05, 0) is 6.42 Å². The van der Waals surface area contributed by atoms with Gasteiger partial charge in [-0.2, -0.15) is 18.2 Å². The molecule has 2 aromatic heterocycles. The number of alkyl halides is 3. The van der Waals surface area contributed by atoms with Gasteiger partial charge in [-0.3, -0.25) is 0 Å². The second-order valence-corrected chi connectivity index (χ2v) is 3.95. The topological polar surface area (TPSA) is 82.8 Å². The molecule has 0 amide bonds. The van der Waals surface area contributed by atoms with Crippen LogP contribution in [-0.4, -0.2) is 19.7 Å². The lowest BCUT2D eigenvalue weighted by molar-refractivity contribution is -0.159. The summed E-state index contributed by atoms with van der Waals surface area (Å²) < 4.78 is 43.0. The van der Waals surface area contributed by atoms with Crippen molar-refractivity contribution in [3.63, 3.8) is 0 Å². The van der Waals surface area contributed by atoms with Gasteiger partial charge >= 0.3 is 12.1 Å². The van der Waals surface area contributed by atoms with Crippen LogP contribution in [-0.2, 0) is 12.7 Å². The minimum atomic E-state index is -4.67. The number of nitrogens with two attached hydrogens (primary N) is 1. The van der Waals surface area contributed by atoms with Crippen LogP contribution in [0.3, 0.4) is 0 Å². The summed E-state index contributed by atoms with van der Waals surface area (Å²) in [6, 6.07) is -0.908. The molecule has 0 fully saturated rings. The molecule has 2 rings (SSSR count). The maximum atomic E-state index is 12.4. The molecule has 0 bridgehead atoms. The lowest BCUT2D eigenvalue weighted by atomic mass is 10.2. The Morgan fingerprint density at radius 1 is 1.47 bits per heavy atom. The van der Waals surface area contributed by atoms with Crippen LogP contribution in [0.1, 0.15) is 36.8 Å². The van der Waals surface area contributed by atoms with Crippen molar-refractivity contribution in [3.8, 4) is 0 Å². The van der Waals surface area contributed by atoms with E-state index in [2.05, 4.69) is 19.6 Å². The molecule has 0 aliphatic heterocycles. The van der Waals surface area contributed by atoms with E-state index in [1.54, 1.807) is 10.9 Å². The predicted octanol–water partition coefficient (Wildman–Crippen LogP) is 1.74. The van der Waals surface area contributed by atoms with Gasteiger partial charge in [-0.25, -0.2) is 4.98 Å². The third kappa shape index (κ3) is 2.75. The molecule has 2 heterocycles. The molecular weight excluding hydrogens is 263 g/mol. The van der Waals surface area contributed by atoms with Crippen LogP contribution >= 0.6 is 0 Å². The number of aryl methyl sites for hydroxylation is 1. The van der Waals surface area contributed by atoms with E-state index < -0.39 is 18.1 Å². The Balaban J connectivity index is 2.26. The maximum absolute atomic E-state index is 12.4. The van der Waals surface area contributed by atoms with Gasteiger partial charge in [0.05, 0.1) is 18.2 Å². The molecule has 6 nitrogen and oxygen atoms in total. The van der Waals surface area contributed by atoms with Crippen LogP contribution in [0, 0.1) is 0 Å². The summed E-state index contributed by atoms with van der Waals surface area (Å²) in [6.45, 7) is 2.62. The van der Waals surface area contributed by atoms with E-state index in [9.17, 15) is 13.2 Å². The average molecular weight is 275 g/mol. The summed E-state index contributed by atoms with van der Waals surface area (Å²) >= 11 is 0. The van der Waals surface area contributed by atoms with E-state index in [0.29, 0.717) is 12.2 Å². The summed E-state index contributed by atoms with van der Waals surface area (Å²) in [5, 5.41) is 3.27. The van der Waals surface area contributed by atoms with Crippen LogP contribution in [0.15, 0.2) is 17.0 Å². The Hall–Kier alpha value is -1.90. The van der Waals surface area contributed by atoms with Crippen molar-refractivity contribution < 1.29 is 17.7 Å². The summed E-state index contributed by atoms with van der Waals surface area (Å²) in [6.07, 6.45) is -0.793. The quantitative estimate of drug-likeness (QED) is 0.919. The molecular formula is C10H12F3N5O. The van der Waals surface area contributed by atoms with Crippen LogP contribution in [0.5, 0.6) is 0 Å². The first-order chi connectivity index (χ1) is 8.93. The fraction of sp³-hybridized carbons (Fsp3) is 0.500. The van der Waals surface area contributed by atoms with Gasteiger partial charge in [0.15, 0.2) is 5.82 Å². The van der Waals surface area contributed by atoms with Crippen LogP contribution in [0.2, 0.25) is 0 Å². The Labute approximate surface area is 106 Å². The normalized spacial score (nSPS) is 13.7. The first kappa shape index (κ1) is 13.5. The highest BCUT2D eigenvalue weighted by Crippen LogP contribution is 2.28. The first-order valence-corrected chi connectivity index (χ1v) is 5.60. The number of aromatic nitrogens is 4. The van der Waals surface area contributed by atoms with E-state index in [0.717, 1.165) is 6.42 Å². The second-order valence-electron chi connectivity index (χ2n) is 3.95. The van der Waals surface area contributed by atoms with Crippen LogP contribution in [0.25, 0.3) is 0 Å². The molecule has 0 radical (unpaired) electrons. The largest absolute Gasteiger partial charge is 0.471 e. The van der Waals surface area contributed by atoms with Crippen molar-refractivity contribution in [3.05, 3.63) is 29.9 Å². The zero-order valence-corrected chi connectivity index (χ0v) is 10.1. The molecule has 0 spiro atoms. The van der Waals surface area contributed by atoms with Crippen molar-refractivity contribution in [1.29, 1.82) is 0 Å². The zero-order chi connectivity index (χ0) is 14.0. The molecule has 1 atom stereocenters. The van der Waals surface area contributed by atoms with E-state index in [4.69, 9.17) is 5.73 Å². The number of imidazole rings is 1. The predicted molar refractivity (Wildman–Crippen MR) is 57.8 cm³/mol. The van der Waals surface area contributed by atoms with Crippen molar-refractivity contribution >= 4 is 0 Å². The molecule has 0 aliphatic rings. The maximum Gasteiger partial charge on any atom is 0.471 e. The van der Waals surface area contributed by atoms with Crippen molar-refractivity contribution in [1.82, 2.24) is 19.7 Å². The zero-order valence-electron chi connectivity index (χ0n) is 10.1. The fourth-order valence-electron chi connectivity index (χ4n) is 1.63. The molecule has 2 aromatic rings. The van der Waals surface area contributed by atoms with Gasteiger partial charge in [-0.1, -0.05) is 12.1 Å². The van der Waals surface area contributed by atoms with Crippen molar-refractivity contribution in [2.24, 2.45) is 5.73 Å². The van der Waals surface area contributed by atoms with E-state index in [-0.39, 0.29) is 5.82 Å². The lowest BCUT2D eigenvalue weighted by Gasteiger charge is -2.10. The van der Waals surface area contributed by atoms with E-state index >= 15 is 0 Å². The molecule has 9 heteroatoms. The Bertz CT molecular complexity index is 547. The monoisotopic (exact) mass is 275 g/mol. The second kappa shape index (κ2) is 5.00. The van der Waals surface area contributed by atoms with Gasteiger partial charge in [0.25, 0.3) is 0 Å². The number of hydrogen-bond donors (Lipinski definition) is 1. The number of hydrogen-bond acceptors (Lipinski definition) is 5. The minimum absolute atomic E-state index is 0.217. The van der Waals surface area contributed by atoms with Crippen molar-refractivity contribution in [2.75, 3.05) is 0 Å². The Kier molecular flexibility index (Phi) is 3.56. The number of rotatable bonds is 4. The molecule has 1 unspecified atom stereocenters. The van der Waals surface area contributed by atoms with Crippen LogP contribution in [0.4, 0.5) is 13.2 Å². The summed E-state index contributed by atoms with van der Waals surface area (Å²) in [5.74, 6) is -1.62. The molecule has 0 saturated carbocycles. The molecule has 0 aliphatic carbocycles. The van der Waals surface area contributed by atoms with E-state index in [1.807, 2.05) is 6.92 Å². The minimum Gasteiger partial charge on any atom is -0.333 e. The number of halogens is 3. The smallest absolute Gasteiger partial charge is 0.333 e. The third-order valence-electron chi connectivity index (χ3n) is 2.49. The summed E-state index contributed by atoms with van der Waals surface area (Å²) in [7, 11) is 0. The Morgan fingerprint density at radius 2 is 2.21 bits per heavy atom. The standard InChI is InChI=1S/C10H12F3N5O/c1-2-3-18-5-15-4-6(18)7(14)8-16-9(19-17-8)10(11,12)13/h4-5,7H,2-3,14H2,1H3. The first-order valence-electron chi connectivity index (χ1n) is 5.60. The van der Waals surface area contributed by atoms with Crippen molar-refractivity contribution in [2.45, 2.75) is 32.1 Å². The van der Waals surface area contributed by atoms with Gasteiger partial charge in [0.2, 0.25) is 0 Å². The van der Waals surface area contributed by atoms with Gasteiger partial charge in [-0.15, -0.1) is 0 Å². The van der Waals surface area contributed by atoms with Crippen LogP contribution < -0.4 is 5.73 Å². The van der Waals surface area contributed by atoms with E-state index in [1.165, 1.54) is 6.20 Å². The molecule has 0 aromatic carbocycles. The van der Waals surface area contributed by atoms with Gasteiger partial charge in [0.1, 0.15) is 6.04 Å². The fourth-order valence-corrected chi connectivity index (χ4v) is 1.63. The Morgan fingerprint density at radius 3 is 2.79 bits per heavy atom. The summed E-state index contributed by atoms with van der Waals surface area (Å²) in [4.78, 5) is 7.19. The highest BCUT2D eigenvalue weighted by molar-refractivity contribution is 5.14. The molecule has 104 valence electrons.